The number of fused-ring (bicyclic) bond motifs is 1. The molecule has 0 spiro atoms. The molecule has 1 aromatic carbocycles. The Hall–Kier alpha value is -2.44. The number of hydrogen-bond acceptors (Lipinski definition) is 6. The summed E-state index contributed by atoms with van der Waals surface area (Å²) in [6, 6.07) is 5.66. The van der Waals surface area contributed by atoms with Crippen molar-refractivity contribution < 1.29 is 23.8 Å². The quantitative estimate of drug-likeness (QED) is 0.773. The van der Waals surface area contributed by atoms with Crippen molar-refractivity contribution in [2.75, 3.05) is 27.3 Å². The molecule has 3 rings (SSSR count). The van der Waals surface area contributed by atoms with Crippen LogP contribution in [0, 0.1) is 5.92 Å². The molecule has 0 N–H and O–H groups in total. The molecule has 26 heavy (non-hydrogen) atoms. The number of rotatable bonds is 3. The van der Waals surface area contributed by atoms with Gasteiger partial charge in [0.25, 0.3) is 0 Å². The van der Waals surface area contributed by atoms with Gasteiger partial charge in [-0.05, 0) is 32.9 Å². The van der Waals surface area contributed by atoms with E-state index in [2.05, 4.69) is 5.16 Å². The van der Waals surface area contributed by atoms with E-state index in [0.29, 0.717) is 19.5 Å². The Morgan fingerprint density at radius 3 is 2.62 bits per heavy atom. The molecule has 7 heteroatoms. The summed E-state index contributed by atoms with van der Waals surface area (Å²) in [5.41, 5.74) is 1.27. The first-order chi connectivity index (χ1) is 12.3. The van der Waals surface area contributed by atoms with Crippen LogP contribution in [0.1, 0.15) is 32.8 Å². The highest BCUT2D eigenvalue weighted by atomic mass is 16.6. The molecular formula is C19H26N2O5. The number of carbonyl (C=O) groups is 1. The first-order valence-corrected chi connectivity index (χ1v) is 8.73. The van der Waals surface area contributed by atoms with Crippen molar-refractivity contribution >= 4 is 11.8 Å². The van der Waals surface area contributed by atoms with Gasteiger partial charge in [0, 0.05) is 37.1 Å². The molecule has 1 unspecified atom stereocenters. The molecule has 7 nitrogen and oxygen atoms in total. The number of nitrogens with zero attached hydrogens (tertiary/aromatic N) is 2. The fraction of sp³-hybridized carbons (Fsp3) is 0.579. The molecule has 0 aromatic heterocycles. The fourth-order valence-electron chi connectivity index (χ4n) is 3.15. The number of methoxy groups -OCH3 is 1. The van der Waals surface area contributed by atoms with Gasteiger partial charge >= 0.3 is 6.09 Å². The molecule has 0 bridgehead atoms. The second-order valence-corrected chi connectivity index (χ2v) is 7.59. The molecule has 1 aromatic rings. The van der Waals surface area contributed by atoms with Crippen LogP contribution in [0.15, 0.2) is 23.4 Å². The van der Waals surface area contributed by atoms with E-state index in [0.717, 1.165) is 22.8 Å². The van der Waals surface area contributed by atoms with Crippen LogP contribution >= 0.6 is 0 Å². The smallest absolute Gasteiger partial charge is 0.410 e. The Morgan fingerprint density at radius 2 is 2.00 bits per heavy atom. The Morgan fingerprint density at radius 1 is 1.27 bits per heavy atom. The minimum Gasteiger partial charge on any atom is -0.497 e. The maximum absolute atomic E-state index is 12.1. The van der Waals surface area contributed by atoms with Crippen molar-refractivity contribution in [2.24, 2.45) is 11.1 Å². The molecule has 2 heterocycles. The lowest BCUT2D eigenvalue weighted by molar-refractivity contribution is -0.0243. The summed E-state index contributed by atoms with van der Waals surface area (Å²) < 4.78 is 16.9. The number of amides is 1. The van der Waals surface area contributed by atoms with E-state index in [1.807, 2.05) is 39.0 Å². The first kappa shape index (κ1) is 18.4. The standard InChI is InChI=1S/C19H26N2O5/c1-19(2,3)26-18(22)21-10-12(11-21)16-9-15(20-24-5)14-7-6-13(23-4)8-17(14)25-16/h6-8,12,16H,9-11H2,1-5H3/b20-15+. The van der Waals surface area contributed by atoms with Crippen LogP contribution in [0.25, 0.3) is 0 Å². The average Bonchev–Trinajstić information content (AvgIpc) is 2.51. The summed E-state index contributed by atoms with van der Waals surface area (Å²) in [7, 11) is 3.16. The summed E-state index contributed by atoms with van der Waals surface area (Å²) in [6.07, 6.45) is 0.291. The minimum absolute atomic E-state index is 0.0674. The predicted octanol–water partition coefficient (Wildman–Crippen LogP) is 3.06. The normalized spacial score (nSPS) is 21.5. The monoisotopic (exact) mass is 362 g/mol. The van der Waals surface area contributed by atoms with Gasteiger partial charge in [-0.3, -0.25) is 0 Å². The zero-order valence-electron chi connectivity index (χ0n) is 15.9. The van der Waals surface area contributed by atoms with Crippen LogP contribution in [0.5, 0.6) is 11.5 Å². The molecule has 2 aliphatic heterocycles. The van der Waals surface area contributed by atoms with Gasteiger partial charge in [-0.2, -0.15) is 0 Å². The van der Waals surface area contributed by atoms with E-state index >= 15 is 0 Å². The fourth-order valence-corrected chi connectivity index (χ4v) is 3.15. The lowest BCUT2D eigenvalue weighted by Crippen LogP contribution is -2.57. The van der Waals surface area contributed by atoms with Crippen molar-refractivity contribution in [1.29, 1.82) is 0 Å². The molecule has 0 radical (unpaired) electrons. The predicted molar refractivity (Wildman–Crippen MR) is 96.9 cm³/mol. The van der Waals surface area contributed by atoms with E-state index in [9.17, 15) is 4.79 Å². The third-order valence-electron chi connectivity index (χ3n) is 4.46. The van der Waals surface area contributed by atoms with Crippen molar-refractivity contribution in [3.05, 3.63) is 23.8 Å². The van der Waals surface area contributed by atoms with Crippen LogP contribution in [0.2, 0.25) is 0 Å². The first-order valence-electron chi connectivity index (χ1n) is 8.73. The Labute approximate surface area is 153 Å². The molecule has 0 saturated carbocycles. The van der Waals surface area contributed by atoms with Gasteiger partial charge < -0.3 is 23.9 Å². The van der Waals surface area contributed by atoms with E-state index in [-0.39, 0.29) is 18.1 Å². The lowest BCUT2D eigenvalue weighted by atomic mass is 9.87. The molecule has 1 atom stereocenters. The zero-order chi connectivity index (χ0) is 18.9. The number of ether oxygens (including phenoxy) is 3. The van der Waals surface area contributed by atoms with Gasteiger partial charge in [0.2, 0.25) is 0 Å². The number of carbonyl (C=O) groups excluding carboxylic acids is 1. The second-order valence-electron chi connectivity index (χ2n) is 7.59. The minimum atomic E-state index is -0.489. The third kappa shape index (κ3) is 3.86. The van der Waals surface area contributed by atoms with Gasteiger partial charge in [-0.25, -0.2) is 4.79 Å². The molecule has 1 saturated heterocycles. The van der Waals surface area contributed by atoms with E-state index in [4.69, 9.17) is 19.0 Å². The number of likely N-dealkylation sites (tertiary alicyclic amines) is 1. The van der Waals surface area contributed by atoms with Gasteiger partial charge in [0.05, 0.1) is 12.8 Å². The summed E-state index contributed by atoms with van der Waals surface area (Å²) in [6.45, 7) is 6.82. The van der Waals surface area contributed by atoms with Crippen molar-refractivity contribution in [3.8, 4) is 11.5 Å². The van der Waals surface area contributed by atoms with Gasteiger partial charge in [0.15, 0.2) is 0 Å². The van der Waals surface area contributed by atoms with Crippen LogP contribution in [-0.2, 0) is 9.57 Å². The SMILES string of the molecule is CO/N=C1\CC(C2CN(C(=O)OC(C)(C)C)C2)Oc2cc(OC)ccc21. The third-order valence-corrected chi connectivity index (χ3v) is 4.46. The van der Waals surface area contributed by atoms with E-state index in [1.54, 1.807) is 12.0 Å². The van der Waals surface area contributed by atoms with Crippen molar-refractivity contribution in [3.63, 3.8) is 0 Å². The number of oxime groups is 1. The molecule has 1 fully saturated rings. The summed E-state index contributed by atoms with van der Waals surface area (Å²) in [5.74, 6) is 1.68. The summed E-state index contributed by atoms with van der Waals surface area (Å²) in [5, 5.41) is 4.16. The molecule has 0 aliphatic carbocycles. The van der Waals surface area contributed by atoms with E-state index in [1.165, 1.54) is 7.11 Å². The topological polar surface area (TPSA) is 69.6 Å². The molecule has 1 amide bonds. The maximum atomic E-state index is 12.1. The average molecular weight is 362 g/mol. The highest BCUT2D eigenvalue weighted by molar-refractivity contribution is 6.04. The Kier molecular flexibility index (Phi) is 4.98. The highest BCUT2D eigenvalue weighted by Gasteiger charge is 2.42. The zero-order valence-corrected chi connectivity index (χ0v) is 15.9. The van der Waals surface area contributed by atoms with Crippen LogP contribution in [0.4, 0.5) is 4.79 Å². The largest absolute Gasteiger partial charge is 0.497 e. The summed E-state index contributed by atoms with van der Waals surface area (Å²) in [4.78, 5) is 18.8. The Balaban J connectivity index is 1.69. The van der Waals surface area contributed by atoms with Crippen LogP contribution < -0.4 is 9.47 Å². The van der Waals surface area contributed by atoms with Crippen LogP contribution in [-0.4, -0.2) is 55.7 Å². The maximum Gasteiger partial charge on any atom is 0.410 e. The number of benzene rings is 1. The molecule has 142 valence electrons. The highest BCUT2D eigenvalue weighted by Crippen LogP contribution is 2.36. The van der Waals surface area contributed by atoms with Gasteiger partial charge in [-0.15, -0.1) is 0 Å². The van der Waals surface area contributed by atoms with Crippen molar-refractivity contribution in [1.82, 2.24) is 4.90 Å². The number of hydrogen-bond donors (Lipinski definition) is 0. The molecule has 2 aliphatic rings. The van der Waals surface area contributed by atoms with E-state index < -0.39 is 5.60 Å². The van der Waals surface area contributed by atoms with Gasteiger partial charge in [0.1, 0.15) is 30.3 Å². The van der Waals surface area contributed by atoms with Gasteiger partial charge in [-0.1, -0.05) is 5.16 Å². The van der Waals surface area contributed by atoms with Crippen molar-refractivity contribution in [2.45, 2.75) is 38.9 Å². The summed E-state index contributed by atoms with van der Waals surface area (Å²) >= 11 is 0. The Bertz CT molecular complexity index is 704. The molecular weight excluding hydrogens is 336 g/mol. The lowest BCUT2D eigenvalue weighted by Gasteiger charge is -2.44. The second kappa shape index (κ2) is 7.05. The van der Waals surface area contributed by atoms with Crippen LogP contribution in [0.3, 0.4) is 0 Å².